The van der Waals surface area contributed by atoms with Gasteiger partial charge in [0, 0.05) is 25.8 Å². The molecule has 1 atom stereocenters. The van der Waals surface area contributed by atoms with Crippen molar-refractivity contribution in [1.82, 2.24) is 10.3 Å². The van der Waals surface area contributed by atoms with Gasteiger partial charge < -0.3 is 10.2 Å². The van der Waals surface area contributed by atoms with E-state index in [1.54, 1.807) is 0 Å². The third kappa shape index (κ3) is 2.99. The summed E-state index contributed by atoms with van der Waals surface area (Å²) in [5.74, 6) is -0.938. The molecule has 2 aliphatic rings. The summed E-state index contributed by atoms with van der Waals surface area (Å²) in [5.41, 5.74) is -1.67. The summed E-state index contributed by atoms with van der Waals surface area (Å²) < 4.78 is 77.0. The number of halogens is 6. The Balaban J connectivity index is 2.11. The van der Waals surface area contributed by atoms with Crippen LogP contribution in [0, 0.1) is 0 Å². The van der Waals surface area contributed by atoms with Gasteiger partial charge in [-0.2, -0.15) is 26.3 Å². The first-order valence-electron chi connectivity index (χ1n) is 7.00. The molecule has 1 unspecified atom stereocenters. The molecule has 1 aromatic rings. The Kier molecular flexibility index (Phi) is 3.85. The topological polar surface area (TPSA) is 48.5 Å². The standard InChI is InChI=1S/C13H12F6N4O/c14-12(15,16)6-23-8-3-7(13(17,18)19)4-21-10(8)22-2-1-20-5-9(22)11(23)24/h3-4,9,20H,1-2,5-6H2. The van der Waals surface area contributed by atoms with Crippen LogP contribution in [0.5, 0.6) is 0 Å². The number of hydrogen-bond donors (Lipinski definition) is 1. The molecule has 24 heavy (non-hydrogen) atoms. The zero-order chi connectivity index (χ0) is 17.7. The number of nitrogens with zero attached hydrogens (tertiary/aromatic N) is 3. The number of piperazine rings is 1. The minimum absolute atomic E-state index is 0.0432. The highest BCUT2D eigenvalue weighted by molar-refractivity contribution is 6.05. The lowest BCUT2D eigenvalue weighted by molar-refractivity contribution is -0.138. The van der Waals surface area contributed by atoms with Gasteiger partial charge in [-0.15, -0.1) is 0 Å². The van der Waals surface area contributed by atoms with Crippen LogP contribution in [0.3, 0.4) is 0 Å². The van der Waals surface area contributed by atoms with Gasteiger partial charge in [-0.1, -0.05) is 0 Å². The van der Waals surface area contributed by atoms with Crippen LogP contribution in [-0.2, 0) is 11.0 Å². The lowest BCUT2D eigenvalue weighted by Crippen LogP contribution is -2.63. The average molecular weight is 354 g/mol. The van der Waals surface area contributed by atoms with Crippen molar-refractivity contribution in [3.05, 3.63) is 17.8 Å². The molecule has 0 radical (unpaired) electrons. The first-order valence-corrected chi connectivity index (χ1v) is 7.00. The predicted octanol–water partition coefficient (Wildman–Crippen LogP) is 1.79. The Morgan fingerprint density at radius 2 is 1.96 bits per heavy atom. The Morgan fingerprint density at radius 1 is 1.25 bits per heavy atom. The highest BCUT2D eigenvalue weighted by Crippen LogP contribution is 2.40. The number of fused-ring (bicyclic) bond motifs is 3. The highest BCUT2D eigenvalue weighted by Gasteiger charge is 2.45. The Labute approximate surface area is 132 Å². The number of alkyl halides is 6. The Hall–Kier alpha value is -2.04. The van der Waals surface area contributed by atoms with Crippen LogP contribution in [0.2, 0.25) is 0 Å². The van der Waals surface area contributed by atoms with Crippen LogP contribution in [0.15, 0.2) is 12.3 Å². The van der Waals surface area contributed by atoms with Crippen molar-refractivity contribution in [2.24, 2.45) is 0 Å². The van der Waals surface area contributed by atoms with Crippen molar-refractivity contribution in [3.63, 3.8) is 0 Å². The molecule has 0 aromatic carbocycles. The molecule has 5 nitrogen and oxygen atoms in total. The zero-order valence-corrected chi connectivity index (χ0v) is 12.1. The summed E-state index contributed by atoms with van der Waals surface area (Å²) in [7, 11) is 0. The molecule has 3 rings (SSSR count). The maximum absolute atomic E-state index is 12.9. The Bertz CT molecular complexity index is 659. The van der Waals surface area contributed by atoms with Gasteiger partial charge in [0.05, 0.1) is 11.3 Å². The van der Waals surface area contributed by atoms with Crippen molar-refractivity contribution in [1.29, 1.82) is 0 Å². The number of pyridine rings is 1. The third-order valence-electron chi connectivity index (χ3n) is 3.87. The summed E-state index contributed by atoms with van der Waals surface area (Å²) in [6, 6.07) is -0.373. The average Bonchev–Trinajstić information content (AvgIpc) is 2.49. The summed E-state index contributed by atoms with van der Waals surface area (Å²) in [5, 5.41) is 2.89. The predicted molar refractivity (Wildman–Crippen MR) is 71.7 cm³/mol. The molecule has 0 bridgehead atoms. The van der Waals surface area contributed by atoms with E-state index in [9.17, 15) is 31.1 Å². The normalized spacial score (nSPS) is 21.6. The van der Waals surface area contributed by atoms with Crippen LogP contribution >= 0.6 is 0 Å². The van der Waals surface area contributed by atoms with E-state index in [0.29, 0.717) is 23.7 Å². The second-order valence-electron chi connectivity index (χ2n) is 5.52. The molecule has 1 aromatic heterocycles. The molecule has 1 N–H and O–H groups in total. The zero-order valence-electron chi connectivity index (χ0n) is 12.1. The van der Waals surface area contributed by atoms with Crippen molar-refractivity contribution < 1.29 is 31.1 Å². The molecule has 0 aliphatic carbocycles. The fourth-order valence-corrected chi connectivity index (χ4v) is 2.84. The van der Waals surface area contributed by atoms with Crippen LogP contribution in [0.25, 0.3) is 0 Å². The molecule has 11 heteroatoms. The maximum Gasteiger partial charge on any atom is 0.417 e. The monoisotopic (exact) mass is 354 g/mol. The molecule has 0 spiro atoms. The second kappa shape index (κ2) is 5.50. The first kappa shape index (κ1) is 16.8. The molecule has 1 fully saturated rings. The van der Waals surface area contributed by atoms with Crippen LogP contribution < -0.4 is 15.1 Å². The van der Waals surface area contributed by atoms with Gasteiger partial charge in [0.1, 0.15) is 12.6 Å². The van der Waals surface area contributed by atoms with Gasteiger partial charge in [-0.05, 0) is 6.07 Å². The quantitative estimate of drug-likeness (QED) is 0.782. The lowest BCUT2D eigenvalue weighted by atomic mass is 10.1. The molecule has 1 saturated heterocycles. The molecule has 0 saturated carbocycles. The highest BCUT2D eigenvalue weighted by atomic mass is 19.4. The summed E-state index contributed by atoms with van der Waals surface area (Å²) in [6.07, 6.45) is -8.94. The van der Waals surface area contributed by atoms with Gasteiger partial charge in [-0.25, -0.2) is 4.98 Å². The van der Waals surface area contributed by atoms with Gasteiger partial charge in [0.25, 0.3) is 5.91 Å². The largest absolute Gasteiger partial charge is 0.417 e. The fourth-order valence-electron chi connectivity index (χ4n) is 2.84. The summed E-state index contributed by atoms with van der Waals surface area (Å²) >= 11 is 0. The van der Waals surface area contributed by atoms with Crippen molar-refractivity contribution in [3.8, 4) is 0 Å². The number of carbonyl (C=O) groups excluding carboxylic acids is 1. The van der Waals surface area contributed by atoms with Gasteiger partial charge in [-0.3, -0.25) is 9.69 Å². The number of hydrogen-bond acceptors (Lipinski definition) is 4. The van der Waals surface area contributed by atoms with E-state index in [1.165, 1.54) is 4.90 Å². The Morgan fingerprint density at radius 3 is 2.58 bits per heavy atom. The summed E-state index contributed by atoms with van der Waals surface area (Å²) in [4.78, 5) is 17.9. The molecular weight excluding hydrogens is 342 g/mol. The van der Waals surface area contributed by atoms with Gasteiger partial charge in [0.15, 0.2) is 5.82 Å². The van der Waals surface area contributed by atoms with E-state index in [0.717, 1.165) is 0 Å². The van der Waals surface area contributed by atoms with E-state index < -0.39 is 42.1 Å². The molecule has 2 aliphatic heterocycles. The van der Waals surface area contributed by atoms with E-state index in [1.807, 2.05) is 0 Å². The molecular formula is C13H12F6N4O. The maximum atomic E-state index is 12.9. The van der Waals surface area contributed by atoms with Crippen molar-refractivity contribution >= 4 is 17.4 Å². The molecule has 3 heterocycles. The minimum Gasteiger partial charge on any atom is -0.340 e. The van der Waals surface area contributed by atoms with Crippen LogP contribution in [-0.4, -0.2) is 49.3 Å². The second-order valence-corrected chi connectivity index (χ2v) is 5.52. The molecule has 132 valence electrons. The number of nitrogens with one attached hydrogen (secondary N) is 1. The number of rotatable bonds is 1. The van der Waals surface area contributed by atoms with Gasteiger partial charge >= 0.3 is 12.4 Å². The van der Waals surface area contributed by atoms with Gasteiger partial charge in [0.2, 0.25) is 0 Å². The SMILES string of the molecule is O=C1C2CNCCN2c2ncc(C(F)(F)F)cc2N1CC(F)(F)F. The lowest BCUT2D eigenvalue weighted by Gasteiger charge is -2.44. The first-order chi connectivity index (χ1) is 11.1. The third-order valence-corrected chi connectivity index (χ3v) is 3.87. The van der Waals surface area contributed by atoms with E-state index in [4.69, 9.17) is 0 Å². The van der Waals surface area contributed by atoms with E-state index in [2.05, 4.69) is 10.3 Å². The molecule has 1 amide bonds. The summed E-state index contributed by atoms with van der Waals surface area (Å²) in [6.45, 7) is -0.839. The smallest absolute Gasteiger partial charge is 0.340 e. The number of anilines is 2. The van der Waals surface area contributed by atoms with E-state index in [-0.39, 0.29) is 18.9 Å². The number of amides is 1. The number of carbonyl (C=O) groups is 1. The fraction of sp³-hybridized carbons (Fsp3) is 0.538. The van der Waals surface area contributed by atoms with Crippen LogP contribution in [0.4, 0.5) is 37.8 Å². The number of aromatic nitrogens is 1. The van der Waals surface area contributed by atoms with Crippen molar-refractivity contribution in [2.75, 3.05) is 36.0 Å². The minimum atomic E-state index is -4.77. The van der Waals surface area contributed by atoms with Crippen molar-refractivity contribution in [2.45, 2.75) is 18.4 Å². The van der Waals surface area contributed by atoms with E-state index >= 15 is 0 Å². The van der Waals surface area contributed by atoms with Crippen LogP contribution in [0.1, 0.15) is 5.56 Å².